The molecule has 5 nitrogen and oxygen atoms in total. The van der Waals surface area contributed by atoms with Crippen LogP contribution in [0.1, 0.15) is 39.1 Å². The molecule has 0 spiro atoms. The maximum Gasteiger partial charge on any atom is 0.184 e. The molecule has 0 heterocycles. The molecule has 0 fully saturated rings. The quantitative estimate of drug-likeness (QED) is 0.667. The zero-order chi connectivity index (χ0) is 16.3. The van der Waals surface area contributed by atoms with Gasteiger partial charge in [-0.1, -0.05) is 30.3 Å². The summed E-state index contributed by atoms with van der Waals surface area (Å²) in [6.07, 6.45) is 0. The molecule has 2 aromatic carbocycles. The fraction of sp³-hybridized carbons (Fsp3) is 0.118. The minimum atomic E-state index is -1.38. The van der Waals surface area contributed by atoms with Gasteiger partial charge in [0.25, 0.3) is 0 Å². The fourth-order valence-corrected chi connectivity index (χ4v) is 2.28. The van der Waals surface area contributed by atoms with Crippen molar-refractivity contribution in [1.82, 2.24) is 0 Å². The lowest BCUT2D eigenvalue weighted by atomic mass is 9.86. The summed E-state index contributed by atoms with van der Waals surface area (Å²) in [6.45, 7) is 1.19. The normalized spacial score (nSPS) is 11.5. The molecule has 0 aromatic heterocycles. The minimum Gasteiger partial charge on any atom is -0.508 e. The molecule has 2 aromatic rings. The maximum atomic E-state index is 12.5. The molecule has 22 heavy (non-hydrogen) atoms. The summed E-state index contributed by atoms with van der Waals surface area (Å²) < 4.78 is 0. The minimum absolute atomic E-state index is 0.163. The summed E-state index contributed by atoms with van der Waals surface area (Å²) in [7, 11) is 0. The van der Waals surface area contributed by atoms with E-state index in [2.05, 4.69) is 0 Å². The van der Waals surface area contributed by atoms with Crippen molar-refractivity contribution in [3.63, 3.8) is 0 Å². The van der Waals surface area contributed by atoms with Gasteiger partial charge >= 0.3 is 0 Å². The number of nitriles is 1. The number of hydrogen-bond donors (Lipinski definition) is 2. The van der Waals surface area contributed by atoms with E-state index in [-0.39, 0.29) is 28.2 Å². The first-order chi connectivity index (χ1) is 10.5. The van der Waals surface area contributed by atoms with E-state index < -0.39 is 17.5 Å². The zero-order valence-corrected chi connectivity index (χ0v) is 11.8. The Balaban J connectivity index is 2.63. The first-order valence-corrected chi connectivity index (χ1v) is 6.52. The van der Waals surface area contributed by atoms with Gasteiger partial charge in [-0.05, 0) is 19.1 Å². The second-order valence-electron chi connectivity index (χ2n) is 4.74. The number of nitrogens with zero attached hydrogens (tertiary/aromatic N) is 1. The number of phenols is 2. The summed E-state index contributed by atoms with van der Waals surface area (Å²) in [5.41, 5.74) is -0.0917. The van der Waals surface area contributed by atoms with E-state index in [4.69, 9.17) is 0 Å². The monoisotopic (exact) mass is 295 g/mol. The van der Waals surface area contributed by atoms with Gasteiger partial charge < -0.3 is 10.2 Å². The Hall–Kier alpha value is -3.13. The van der Waals surface area contributed by atoms with Crippen molar-refractivity contribution in [2.75, 3.05) is 0 Å². The lowest BCUT2D eigenvalue weighted by Gasteiger charge is -2.15. The molecule has 0 saturated carbocycles. The summed E-state index contributed by atoms with van der Waals surface area (Å²) in [6, 6.07) is 12.2. The molecule has 110 valence electrons. The summed E-state index contributed by atoms with van der Waals surface area (Å²) in [5, 5.41) is 29.2. The van der Waals surface area contributed by atoms with Gasteiger partial charge in [-0.15, -0.1) is 0 Å². The van der Waals surface area contributed by atoms with Gasteiger partial charge in [0.1, 0.15) is 17.4 Å². The van der Waals surface area contributed by atoms with Crippen LogP contribution in [0.15, 0.2) is 42.5 Å². The molecule has 0 aliphatic rings. The molecule has 0 aliphatic carbocycles. The first-order valence-electron chi connectivity index (χ1n) is 6.52. The highest BCUT2D eigenvalue weighted by atomic mass is 16.3. The van der Waals surface area contributed by atoms with Gasteiger partial charge in [0.15, 0.2) is 11.6 Å². The molecule has 0 radical (unpaired) electrons. The highest BCUT2D eigenvalue weighted by Crippen LogP contribution is 2.36. The van der Waals surface area contributed by atoms with Crippen molar-refractivity contribution in [2.45, 2.75) is 12.8 Å². The van der Waals surface area contributed by atoms with E-state index in [1.165, 1.54) is 6.92 Å². The van der Waals surface area contributed by atoms with Gasteiger partial charge in [0.2, 0.25) is 0 Å². The van der Waals surface area contributed by atoms with E-state index in [1.807, 2.05) is 6.07 Å². The van der Waals surface area contributed by atoms with Crippen LogP contribution in [0.25, 0.3) is 0 Å². The fourth-order valence-electron chi connectivity index (χ4n) is 2.28. The van der Waals surface area contributed by atoms with E-state index in [0.29, 0.717) is 0 Å². The Labute approximate surface area is 127 Å². The van der Waals surface area contributed by atoms with Crippen molar-refractivity contribution < 1.29 is 19.8 Å². The average Bonchev–Trinajstić information content (AvgIpc) is 2.51. The molecule has 1 atom stereocenters. The zero-order valence-electron chi connectivity index (χ0n) is 11.8. The molecule has 0 saturated heterocycles. The van der Waals surface area contributed by atoms with Crippen LogP contribution >= 0.6 is 0 Å². The number of phenolic OH excluding ortho intramolecular Hbond substituents is 2. The number of carbonyl (C=O) groups is 2. The van der Waals surface area contributed by atoms with Crippen LogP contribution < -0.4 is 0 Å². The lowest BCUT2D eigenvalue weighted by Crippen LogP contribution is -2.15. The van der Waals surface area contributed by atoms with Crippen molar-refractivity contribution >= 4 is 11.6 Å². The Morgan fingerprint density at radius 1 is 1.05 bits per heavy atom. The van der Waals surface area contributed by atoms with E-state index in [9.17, 15) is 25.1 Å². The van der Waals surface area contributed by atoms with Crippen LogP contribution in [0.4, 0.5) is 0 Å². The molecule has 1 unspecified atom stereocenters. The summed E-state index contributed by atoms with van der Waals surface area (Å²) >= 11 is 0. The molecule has 0 aliphatic heterocycles. The standard InChI is InChI=1S/C17H13NO4/c1-10(19)15-13(20)7-8-14(21)16(15)12(9-18)17(22)11-5-3-2-4-6-11/h2-8,12,20-21H,1H3. The summed E-state index contributed by atoms with van der Waals surface area (Å²) in [4.78, 5) is 24.2. The van der Waals surface area contributed by atoms with E-state index in [0.717, 1.165) is 12.1 Å². The number of carbonyl (C=O) groups excluding carboxylic acids is 2. The van der Waals surface area contributed by atoms with Crippen molar-refractivity contribution in [3.8, 4) is 17.6 Å². The number of aromatic hydroxyl groups is 2. The van der Waals surface area contributed by atoms with Crippen LogP contribution in [-0.4, -0.2) is 21.8 Å². The maximum absolute atomic E-state index is 12.5. The second kappa shape index (κ2) is 6.10. The van der Waals surface area contributed by atoms with Gasteiger partial charge in [-0.2, -0.15) is 5.26 Å². The Morgan fingerprint density at radius 3 is 2.18 bits per heavy atom. The highest BCUT2D eigenvalue weighted by molar-refractivity contribution is 6.07. The van der Waals surface area contributed by atoms with Gasteiger partial charge in [0, 0.05) is 11.1 Å². The second-order valence-corrected chi connectivity index (χ2v) is 4.74. The molecule has 2 N–H and O–H groups in total. The van der Waals surface area contributed by atoms with Gasteiger partial charge in [-0.3, -0.25) is 9.59 Å². The van der Waals surface area contributed by atoms with Crippen LogP contribution in [-0.2, 0) is 0 Å². The molecular weight excluding hydrogens is 282 g/mol. The van der Waals surface area contributed by atoms with Crippen LogP contribution in [0.5, 0.6) is 11.5 Å². The highest BCUT2D eigenvalue weighted by Gasteiger charge is 2.30. The van der Waals surface area contributed by atoms with Crippen LogP contribution in [0.2, 0.25) is 0 Å². The third-order valence-corrected chi connectivity index (χ3v) is 3.29. The number of benzene rings is 2. The number of ketones is 2. The number of Topliss-reactive ketones (excluding diaryl/α,β-unsaturated/α-hetero) is 2. The Kier molecular flexibility index (Phi) is 4.23. The number of hydrogen-bond acceptors (Lipinski definition) is 5. The van der Waals surface area contributed by atoms with Gasteiger partial charge in [-0.25, -0.2) is 0 Å². The van der Waals surface area contributed by atoms with Crippen molar-refractivity contribution in [2.24, 2.45) is 0 Å². The summed E-state index contributed by atoms with van der Waals surface area (Å²) in [5.74, 6) is -3.22. The topological polar surface area (TPSA) is 98.4 Å². The SMILES string of the molecule is CC(=O)c1c(O)ccc(O)c1C(C#N)C(=O)c1ccccc1. The largest absolute Gasteiger partial charge is 0.508 e. The molecule has 0 amide bonds. The molecule has 2 rings (SSSR count). The van der Waals surface area contributed by atoms with Crippen LogP contribution in [0.3, 0.4) is 0 Å². The Bertz CT molecular complexity index is 775. The predicted octanol–water partition coefficient (Wildman–Crippen LogP) is 2.79. The predicted molar refractivity (Wildman–Crippen MR) is 78.9 cm³/mol. The van der Waals surface area contributed by atoms with Crippen molar-refractivity contribution in [3.05, 3.63) is 59.2 Å². The lowest BCUT2D eigenvalue weighted by molar-refractivity contribution is 0.0976. The third kappa shape index (κ3) is 2.67. The average molecular weight is 295 g/mol. The molecule has 5 heteroatoms. The Morgan fingerprint density at radius 2 is 1.64 bits per heavy atom. The van der Waals surface area contributed by atoms with Gasteiger partial charge in [0.05, 0.1) is 11.6 Å². The third-order valence-electron chi connectivity index (χ3n) is 3.29. The van der Waals surface area contributed by atoms with E-state index >= 15 is 0 Å². The van der Waals surface area contributed by atoms with Crippen molar-refractivity contribution in [1.29, 1.82) is 5.26 Å². The smallest absolute Gasteiger partial charge is 0.184 e. The van der Waals surface area contributed by atoms with E-state index in [1.54, 1.807) is 30.3 Å². The molecular formula is C17H13NO4. The number of rotatable bonds is 4. The first kappa shape index (κ1) is 15.3. The molecule has 0 bridgehead atoms. The van der Waals surface area contributed by atoms with Crippen LogP contribution in [0, 0.1) is 11.3 Å².